The Bertz CT molecular complexity index is 422. The minimum absolute atomic E-state index is 0.0381. The summed E-state index contributed by atoms with van der Waals surface area (Å²) in [6, 6.07) is 9.80. The maximum Gasteiger partial charge on any atom is 0.212 e. The fourth-order valence-corrected chi connectivity index (χ4v) is 2.71. The van der Waals surface area contributed by atoms with E-state index >= 15 is 0 Å². The van der Waals surface area contributed by atoms with Gasteiger partial charge in [-0.25, -0.2) is 13.1 Å². The van der Waals surface area contributed by atoms with Gasteiger partial charge in [0, 0.05) is 31.7 Å². The average Bonchev–Trinajstić information content (AvgIpc) is 2.29. The predicted molar refractivity (Wildman–Crippen MR) is 72.2 cm³/mol. The largest absolute Gasteiger partial charge is 0.373 e. The van der Waals surface area contributed by atoms with E-state index in [0.717, 1.165) is 5.69 Å². The molecule has 1 rings (SSSR count). The molecule has 0 saturated heterocycles. The fourth-order valence-electron chi connectivity index (χ4n) is 1.35. The van der Waals surface area contributed by atoms with Gasteiger partial charge in [-0.05, 0) is 12.1 Å². The van der Waals surface area contributed by atoms with Crippen molar-refractivity contribution in [2.75, 3.05) is 36.7 Å². The summed E-state index contributed by atoms with van der Waals surface area (Å²) in [7, 11) is -1.30. The van der Waals surface area contributed by atoms with E-state index in [4.69, 9.17) is 11.6 Å². The number of sulfonamides is 1. The van der Waals surface area contributed by atoms with E-state index in [2.05, 4.69) is 4.72 Å². The second-order valence-corrected chi connectivity index (χ2v) is 5.96. The summed E-state index contributed by atoms with van der Waals surface area (Å²) in [4.78, 5) is 1.99. The zero-order valence-electron chi connectivity index (χ0n) is 9.77. The molecule has 4 nitrogen and oxygen atoms in total. The monoisotopic (exact) mass is 276 g/mol. The Hall–Kier alpha value is -0.780. The number of likely N-dealkylation sites (N-methyl/N-ethyl adjacent to an activating group) is 1. The molecule has 0 radical (unpaired) electrons. The van der Waals surface area contributed by atoms with Crippen LogP contribution < -0.4 is 9.62 Å². The quantitative estimate of drug-likeness (QED) is 0.764. The maximum atomic E-state index is 11.3. The molecule has 0 bridgehead atoms. The van der Waals surface area contributed by atoms with Crippen LogP contribution in [0.1, 0.15) is 0 Å². The first-order valence-corrected chi connectivity index (χ1v) is 7.53. The van der Waals surface area contributed by atoms with Gasteiger partial charge in [-0.3, -0.25) is 0 Å². The lowest BCUT2D eigenvalue weighted by Crippen LogP contribution is -2.34. The van der Waals surface area contributed by atoms with Crippen LogP contribution in [0, 0.1) is 0 Å². The minimum Gasteiger partial charge on any atom is -0.373 e. The van der Waals surface area contributed by atoms with Gasteiger partial charge in [-0.1, -0.05) is 18.2 Å². The zero-order valence-corrected chi connectivity index (χ0v) is 11.3. The molecule has 0 atom stereocenters. The summed E-state index contributed by atoms with van der Waals surface area (Å²) in [5, 5.41) is 0. The van der Waals surface area contributed by atoms with Gasteiger partial charge >= 0.3 is 0 Å². The molecule has 0 heterocycles. The Morgan fingerprint density at radius 3 is 2.53 bits per heavy atom. The van der Waals surface area contributed by atoms with Gasteiger partial charge in [-0.2, -0.15) is 0 Å². The number of alkyl halides is 1. The molecular weight excluding hydrogens is 260 g/mol. The van der Waals surface area contributed by atoms with Crippen molar-refractivity contribution in [3.8, 4) is 0 Å². The van der Waals surface area contributed by atoms with Crippen molar-refractivity contribution in [1.82, 2.24) is 4.72 Å². The number of benzene rings is 1. The molecule has 6 heteroatoms. The second-order valence-electron chi connectivity index (χ2n) is 3.66. The van der Waals surface area contributed by atoms with Crippen LogP contribution in [0.4, 0.5) is 5.69 Å². The first kappa shape index (κ1) is 14.3. The second kappa shape index (κ2) is 6.83. The number of nitrogens with one attached hydrogen (secondary N) is 1. The zero-order chi connectivity index (χ0) is 12.7. The van der Waals surface area contributed by atoms with Crippen molar-refractivity contribution in [2.24, 2.45) is 0 Å². The molecule has 0 aliphatic heterocycles. The number of hydrogen-bond donors (Lipinski definition) is 1. The van der Waals surface area contributed by atoms with Gasteiger partial charge in [0.05, 0.1) is 5.75 Å². The number of rotatable bonds is 7. The van der Waals surface area contributed by atoms with Gasteiger partial charge in [0.2, 0.25) is 10.0 Å². The fraction of sp³-hybridized carbons (Fsp3) is 0.455. The van der Waals surface area contributed by atoms with E-state index in [1.165, 1.54) is 0 Å². The van der Waals surface area contributed by atoms with E-state index in [-0.39, 0.29) is 11.6 Å². The highest BCUT2D eigenvalue weighted by molar-refractivity contribution is 7.89. The van der Waals surface area contributed by atoms with E-state index in [9.17, 15) is 8.42 Å². The van der Waals surface area contributed by atoms with Crippen LogP contribution in [0.25, 0.3) is 0 Å². The highest BCUT2D eigenvalue weighted by atomic mass is 35.5. The SMILES string of the molecule is CN(CCNS(=O)(=O)CCCl)c1ccccc1. The van der Waals surface area contributed by atoms with Crippen LogP contribution in [-0.2, 0) is 10.0 Å². The highest BCUT2D eigenvalue weighted by Gasteiger charge is 2.08. The van der Waals surface area contributed by atoms with Crippen molar-refractivity contribution in [2.45, 2.75) is 0 Å². The summed E-state index contributed by atoms with van der Waals surface area (Å²) in [5.74, 6) is 0.0768. The normalized spacial score (nSPS) is 11.4. The topological polar surface area (TPSA) is 49.4 Å². The third kappa shape index (κ3) is 5.39. The molecule has 96 valence electrons. The smallest absolute Gasteiger partial charge is 0.212 e. The summed E-state index contributed by atoms with van der Waals surface area (Å²) >= 11 is 5.39. The Balaban J connectivity index is 2.37. The van der Waals surface area contributed by atoms with Gasteiger partial charge in [0.25, 0.3) is 0 Å². The molecule has 0 saturated carbocycles. The van der Waals surface area contributed by atoms with Gasteiger partial charge in [0.1, 0.15) is 0 Å². The van der Waals surface area contributed by atoms with Gasteiger partial charge in [-0.15, -0.1) is 11.6 Å². The molecule has 0 amide bonds. The average molecular weight is 277 g/mol. The lowest BCUT2D eigenvalue weighted by molar-refractivity contribution is 0.583. The molecule has 0 unspecified atom stereocenters. The molecular formula is C11H17ClN2O2S. The van der Waals surface area contributed by atoms with Crippen LogP contribution in [0.3, 0.4) is 0 Å². The predicted octanol–water partition coefficient (Wildman–Crippen LogP) is 1.28. The first-order chi connectivity index (χ1) is 8.05. The first-order valence-electron chi connectivity index (χ1n) is 5.34. The van der Waals surface area contributed by atoms with E-state index in [1.807, 2.05) is 42.3 Å². The van der Waals surface area contributed by atoms with E-state index in [1.54, 1.807) is 0 Å². The lowest BCUT2D eigenvalue weighted by Gasteiger charge is -2.19. The maximum absolute atomic E-state index is 11.3. The number of halogens is 1. The molecule has 0 fully saturated rings. The molecule has 0 aliphatic carbocycles. The van der Waals surface area contributed by atoms with Gasteiger partial charge < -0.3 is 4.90 Å². The van der Waals surface area contributed by atoms with Gasteiger partial charge in [0.15, 0.2) is 0 Å². The van der Waals surface area contributed by atoms with Crippen LogP contribution in [0.15, 0.2) is 30.3 Å². The molecule has 1 aromatic carbocycles. The molecule has 0 aliphatic rings. The van der Waals surface area contributed by atoms with Crippen molar-refractivity contribution in [3.05, 3.63) is 30.3 Å². The number of hydrogen-bond acceptors (Lipinski definition) is 3. The third-order valence-corrected chi connectivity index (χ3v) is 4.11. The minimum atomic E-state index is -3.22. The van der Waals surface area contributed by atoms with Crippen molar-refractivity contribution < 1.29 is 8.42 Å². The summed E-state index contributed by atoms with van der Waals surface area (Å²) in [6.45, 7) is 0.996. The molecule has 17 heavy (non-hydrogen) atoms. The summed E-state index contributed by atoms with van der Waals surface area (Å²) < 4.78 is 25.2. The van der Waals surface area contributed by atoms with Crippen molar-refractivity contribution >= 4 is 27.3 Å². The number of anilines is 1. The standard InChI is InChI=1S/C11H17ClN2O2S/c1-14(11-5-3-2-4-6-11)9-8-13-17(15,16)10-7-12/h2-6,13H,7-10H2,1H3. The summed E-state index contributed by atoms with van der Waals surface area (Å²) in [5.41, 5.74) is 1.06. The van der Waals surface area contributed by atoms with E-state index < -0.39 is 10.0 Å². The van der Waals surface area contributed by atoms with Crippen LogP contribution in [-0.4, -0.2) is 40.2 Å². The third-order valence-electron chi connectivity index (χ3n) is 2.31. The Labute approximate surface area is 108 Å². The molecule has 0 spiro atoms. The molecule has 0 aromatic heterocycles. The molecule has 1 N–H and O–H groups in total. The lowest BCUT2D eigenvalue weighted by atomic mass is 10.3. The number of nitrogens with zero attached hydrogens (tertiary/aromatic N) is 1. The Kier molecular flexibility index (Phi) is 5.74. The van der Waals surface area contributed by atoms with Crippen LogP contribution >= 0.6 is 11.6 Å². The summed E-state index contributed by atoms with van der Waals surface area (Å²) in [6.07, 6.45) is 0. The van der Waals surface area contributed by atoms with Crippen molar-refractivity contribution in [1.29, 1.82) is 0 Å². The van der Waals surface area contributed by atoms with Crippen molar-refractivity contribution in [3.63, 3.8) is 0 Å². The Morgan fingerprint density at radius 2 is 1.94 bits per heavy atom. The highest BCUT2D eigenvalue weighted by Crippen LogP contribution is 2.09. The van der Waals surface area contributed by atoms with Crippen LogP contribution in [0.5, 0.6) is 0 Å². The molecule has 1 aromatic rings. The Morgan fingerprint density at radius 1 is 1.29 bits per heavy atom. The number of para-hydroxylation sites is 1. The van der Waals surface area contributed by atoms with E-state index in [0.29, 0.717) is 13.1 Å². The van der Waals surface area contributed by atoms with Crippen LogP contribution in [0.2, 0.25) is 0 Å².